The Morgan fingerprint density at radius 2 is 1.52 bits per heavy atom. The normalized spacial score (nSPS) is 19.4. The quantitative estimate of drug-likeness (QED) is 0.263. The van der Waals surface area contributed by atoms with E-state index in [2.05, 4.69) is 73.7 Å². The Bertz CT molecular complexity index is 789. The van der Waals surface area contributed by atoms with E-state index in [1.165, 1.54) is 73.6 Å². The molecule has 1 fully saturated rings. The molecule has 0 aromatic heterocycles. The van der Waals surface area contributed by atoms with Crippen molar-refractivity contribution in [1.29, 1.82) is 0 Å². The van der Waals surface area contributed by atoms with Crippen molar-refractivity contribution in [3.05, 3.63) is 89.0 Å². The molecule has 0 heterocycles. The van der Waals surface area contributed by atoms with Crippen molar-refractivity contribution in [2.24, 2.45) is 5.92 Å². The van der Waals surface area contributed by atoms with Gasteiger partial charge in [-0.3, -0.25) is 0 Å². The van der Waals surface area contributed by atoms with Crippen molar-refractivity contribution in [3.8, 4) is 0 Å². The van der Waals surface area contributed by atoms with E-state index in [1.807, 2.05) is 13.0 Å². The summed E-state index contributed by atoms with van der Waals surface area (Å²) in [7, 11) is 0. The zero-order chi connectivity index (χ0) is 21.7. The second-order valence-electron chi connectivity index (χ2n) is 9.03. The van der Waals surface area contributed by atoms with Gasteiger partial charge in [-0.1, -0.05) is 85.7 Å². The molecule has 166 valence electrons. The molecule has 0 unspecified atom stereocenters. The summed E-state index contributed by atoms with van der Waals surface area (Å²) in [5, 5.41) is 0. The van der Waals surface area contributed by atoms with Gasteiger partial charge >= 0.3 is 0 Å². The van der Waals surface area contributed by atoms with Crippen molar-refractivity contribution in [2.45, 2.75) is 77.7 Å². The van der Waals surface area contributed by atoms with Gasteiger partial charge < -0.3 is 4.74 Å². The van der Waals surface area contributed by atoms with Crippen LogP contribution >= 0.6 is 0 Å². The third kappa shape index (κ3) is 8.15. The lowest BCUT2D eigenvalue weighted by Crippen LogP contribution is -2.13. The summed E-state index contributed by atoms with van der Waals surface area (Å²) in [6.45, 7) is 5.50. The molecule has 2 aromatic carbocycles. The van der Waals surface area contributed by atoms with Crippen LogP contribution < -0.4 is 0 Å². The minimum Gasteiger partial charge on any atom is -0.373 e. The van der Waals surface area contributed by atoms with E-state index in [4.69, 9.17) is 4.74 Å². The minimum atomic E-state index is 0.700. The van der Waals surface area contributed by atoms with Gasteiger partial charge in [-0.05, 0) is 86.5 Å². The van der Waals surface area contributed by atoms with Gasteiger partial charge in [-0.2, -0.15) is 0 Å². The van der Waals surface area contributed by atoms with Gasteiger partial charge in [0, 0.05) is 0 Å². The van der Waals surface area contributed by atoms with E-state index in [0.29, 0.717) is 13.2 Å². The SMILES string of the molecule is C/C=C\c1ccc(CCCC[C@H]2CC[C@H](c3ccc(COC/C=C/C)cc3)CC2)cc1. The van der Waals surface area contributed by atoms with Crippen molar-refractivity contribution in [3.63, 3.8) is 0 Å². The Kier molecular flexibility index (Phi) is 10.1. The fraction of sp³-hybridized carbons (Fsp3) is 0.467. The van der Waals surface area contributed by atoms with Crippen molar-refractivity contribution in [1.82, 2.24) is 0 Å². The summed E-state index contributed by atoms with van der Waals surface area (Å²) < 4.78 is 5.66. The average molecular weight is 417 g/mol. The standard InChI is InChI=1S/C30H40O/c1-3-5-23-31-24-28-17-21-30(22-18-28)29-19-15-27(16-20-29)10-7-6-9-26-13-11-25(8-4-2)12-14-26/h3-5,8,11-14,17-18,21-22,27,29H,6-7,9-10,15-16,19-20,23-24H2,1-2H3/b5-3+,8-4-/t27-,29-. The molecule has 1 nitrogen and oxygen atoms in total. The maximum atomic E-state index is 5.66. The molecule has 0 bridgehead atoms. The molecule has 1 saturated carbocycles. The van der Waals surface area contributed by atoms with Crippen molar-refractivity contribution < 1.29 is 4.74 Å². The Balaban J connectivity index is 1.32. The summed E-state index contributed by atoms with van der Waals surface area (Å²) in [5.41, 5.74) is 5.58. The number of hydrogen-bond donors (Lipinski definition) is 0. The van der Waals surface area contributed by atoms with Gasteiger partial charge in [0.25, 0.3) is 0 Å². The smallest absolute Gasteiger partial charge is 0.0721 e. The summed E-state index contributed by atoms with van der Waals surface area (Å²) in [4.78, 5) is 0. The summed E-state index contributed by atoms with van der Waals surface area (Å²) in [6, 6.07) is 18.2. The number of ether oxygens (including phenoxy) is 1. The maximum Gasteiger partial charge on any atom is 0.0721 e. The number of unbranched alkanes of at least 4 members (excludes halogenated alkanes) is 1. The van der Waals surface area contributed by atoms with Crippen LogP contribution in [0.1, 0.15) is 87.0 Å². The Morgan fingerprint density at radius 3 is 2.19 bits per heavy atom. The van der Waals surface area contributed by atoms with Crippen LogP contribution in [0, 0.1) is 5.92 Å². The van der Waals surface area contributed by atoms with Gasteiger partial charge in [0.2, 0.25) is 0 Å². The highest BCUT2D eigenvalue weighted by molar-refractivity contribution is 5.49. The topological polar surface area (TPSA) is 9.23 Å². The van der Waals surface area contributed by atoms with Crippen molar-refractivity contribution >= 4 is 6.08 Å². The number of aryl methyl sites for hydroxylation is 1. The van der Waals surface area contributed by atoms with E-state index >= 15 is 0 Å². The zero-order valence-electron chi connectivity index (χ0n) is 19.6. The van der Waals surface area contributed by atoms with E-state index in [-0.39, 0.29) is 0 Å². The molecule has 0 saturated heterocycles. The summed E-state index contributed by atoms with van der Waals surface area (Å²) in [6.07, 6.45) is 19.2. The lowest BCUT2D eigenvalue weighted by Gasteiger charge is -2.29. The van der Waals surface area contributed by atoms with Gasteiger partial charge in [-0.25, -0.2) is 0 Å². The van der Waals surface area contributed by atoms with Crippen LogP contribution in [0.25, 0.3) is 6.08 Å². The highest BCUT2D eigenvalue weighted by Crippen LogP contribution is 2.37. The lowest BCUT2D eigenvalue weighted by atomic mass is 9.77. The second-order valence-corrected chi connectivity index (χ2v) is 9.03. The van der Waals surface area contributed by atoms with Crippen LogP contribution in [-0.2, 0) is 17.8 Å². The zero-order valence-corrected chi connectivity index (χ0v) is 19.6. The molecule has 2 aromatic rings. The maximum absolute atomic E-state index is 5.66. The van der Waals surface area contributed by atoms with Crippen LogP contribution in [0.3, 0.4) is 0 Å². The molecule has 0 N–H and O–H groups in total. The van der Waals surface area contributed by atoms with Gasteiger partial charge in [-0.15, -0.1) is 0 Å². The third-order valence-corrected chi connectivity index (χ3v) is 6.68. The van der Waals surface area contributed by atoms with Crippen LogP contribution in [0.4, 0.5) is 0 Å². The monoisotopic (exact) mass is 416 g/mol. The number of hydrogen-bond acceptors (Lipinski definition) is 1. The Morgan fingerprint density at radius 1 is 0.806 bits per heavy atom. The first-order chi connectivity index (χ1) is 15.3. The minimum absolute atomic E-state index is 0.700. The van der Waals surface area contributed by atoms with E-state index < -0.39 is 0 Å². The first-order valence-electron chi connectivity index (χ1n) is 12.3. The van der Waals surface area contributed by atoms with Crippen molar-refractivity contribution in [2.75, 3.05) is 6.61 Å². The van der Waals surface area contributed by atoms with E-state index in [1.54, 1.807) is 0 Å². The molecule has 0 spiro atoms. The fourth-order valence-electron chi connectivity index (χ4n) is 4.76. The molecule has 3 rings (SSSR count). The number of allylic oxidation sites excluding steroid dienone is 2. The molecule has 0 amide bonds. The Labute approximate surface area is 190 Å². The van der Waals surface area contributed by atoms with Gasteiger partial charge in [0.05, 0.1) is 13.2 Å². The third-order valence-electron chi connectivity index (χ3n) is 6.68. The van der Waals surface area contributed by atoms with Crippen LogP contribution in [0.5, 0.6) is 0 Å². The second kappa shape index (κ2) is 13.3. The molecule has 0 radical (unpaired) electrons. The summed E-state index contributed by atoms with van der Waals surface area (Å²) in [5.74, 6) is 1.69. The predicted octanol–water partition coefficient (Wildman–Crippen LogP) is 8.50. The Hall–Kier alpha value is -2.12. The van der Waals surface area contributed by atoms with Crippen LogP contribution in [0.15, 0.2) is 66.8 Å². The number of benzene rings is 2. The van der Waals surface area contributed by atoms with E-state index in [0.717, 1.165) is 11.8 Å². The molecule has 0 aliphatic heterocycles. The van der Waals surface area contributed by atoms with Crippen LogP contribution in [-0.4, -0.2) is 6.61 Å². The highest BCUT2D eigenvalue weighted by atomic mass is 16.5. The first-order valence-corrected chi connectivity index (χ1v) is 12.3. The average Bonchev–Trinajstić information content (AvgIpc) is 2.82. The van der Waals surface area contributed by atoms with Crippen LogP contribution in [0.2, 0.25) is 0 Å². The summed E-state index contributed by atoms with van der Waals surface area (Å²) >= 11 is 0. The highest BCUT2D eigenvalue weighted by Gasteiger charge is 2.22. The van der Waals surface area contributed by atoms with Gasteiger partial charge in [0.1, 0.15) is 0 Å². The molecule has 1 heteroatoms. The van der Waals surface area contributed by atoms with Gasteiger partial charge in [0.15, 0.2) is 0 Å². The fourth-order valence-corrected chi connectivity index (χ4v) is 4.76. The molecule has 1 aliphatic rings. The van der Waals surface area contributed by atoms with E-state index in [9.17, 15) is 0 Å². The molecule has 1 aliphatic carbocycles. The predicted molar refractivity (Wildman–Crippen MR) is 134 cm³/mol. The molecule has 31 heavy (non-hydrogen) atoms. The molecular weight excluding hydrogens is 376 g/mol. The molecule has 0 atom stereocenters. The lowest BCUT2D eigenvalue weighted by molar-refractivity contribution is 0.148. The molecular formula is C30H40O. The largest absolute Gasteiger partial charge is 0.373 e. The number of rotatable bonds is 11. The first kappa shape index (κ1) is 23.5.